The van der Waals surface area contributed by atoms with Crippen molar-refractivity contribution in [2.75, 3.05) is 11.9 Å². The van der Waals surface area contributed by atoms with Crippen LogP contribution in [-0.2, 0) is 4.79 Å². The van der Waals surface area contributed by atoms with Crippen LogP contribution in [-0.4, -0.2) is 17.4 Å². The number of nitro benzene ring substituents is 1. The average Bonchev–Trinajstić information content (AvgIpc) is 2.46. The molecule has 1 N–H and O–H groups in total. The molecule has 0 aliphatic carbocycles. The van der Waals surface area contributed by atoms with Gasteiger partial charge in [0.25, 0.3) is 11.6 Å². The summed E-state index contributed by atoms with van der Waals surface area (Å²) in [6, 6.07) is 9.80. The second-order valence-corrected chi connectivity index (χ2v) is 5.86. The van der Waals surface area contributed by atoms with E-state index in [0.29, 0.717) is 5.75 Å². The number of carbonyl (C=O) groups is 1. The van der Waals surface area contributed by atoms with E-state index in [9.17, 15) is 14.9 Å². The van der Waals surface area contributed by atoms with Crippen molar-refractivity contribution in [3.63, 3.8) is 0 Å². The molecule has 0 saturated carbocycles. The zero-order valence-corrected chi connectivity index (χ0v) is 14.2. The van der Waals surface area contributed by atoms with Crippen LogP contribution in [0.1, 0.15) is 11.1 Å². The molecule has 1 amide bonds. The molecule has 0 heterocycles. The fraction of sp³-hybridized carbons (Fsp3) is 0.188. The first-order valence-corrected chi connectivity index (χ1v) is 7.60. The van der Waals surface area contributed by atoms with Crippen molar-refractivity contribution < 1.29 is 14.5 Å². The van der Waals surface area contributed by atoms with E-state index in [1.165, 1.54) is 18.2 Å². The summed E-state index contributed by atoms with van der Waals surface area (Å²) in [6.45, 7) is 3.60. The van der Waals surface area contributed by atoms with Gasteiger partial charge >= 0.3 is 0 Å². The molecule has 0 atom stereocenters. The monoisotopic (exact) mass is 378 g/mol. The predicted octanol–water partition coefficient (Wildman–Crippen LogP) is 3.99. The van der Waals surface area contributed by atoms with Crippen molar-refractivity contribution >= 4 is 33.2 Å². The Balaban J connectivity index is 2.06. The molecule has 0 radical (unpaired) electrons. The minimum atomic E-state index is -0.544. The van der Waals surface area contributed by atoms with Crippen LogP contribution in [0.4, 0.5) is 11.4 Å². The van der Waals surface area contributed by atoms with E-state index >= 15 is 0 Å². The van der Waals surface area contributed by atoms with Crippen molar-refractivity contribution in [2.45, 2.75) is 13.8 Å². The molecule has 0 aromatic heterocycles. The van der Waals surface area contributed by atoms with Crippen LogP contribution in [0, 0.1) is 24.0 Å². The number of amides is 1. The van der Waals surface area contributed by atoms with Gasteiger partial charge in [-0.15, -0.1) is 0 Å². The number of anilines is 1. The third-order valence-corrected chi connectivity index (χ3v) is 3.69. The maximum Gasteiger partial charge on any atom is 0.292 e. The second kappa shape index (κ2) is 7.23. The number of carbonyl (C=O) groups excluding carboxylic acids is 1. The first-order valence-electron chi connectivity index (χ1n) is 6.81. The highest BCUT2D eigenvalue weighted by Crippen LogP contribution is 2.30. The molecule has 0 spiro atoms. The van der Waals surface area contributed by atoms with Crippen LogP contribution in [0.25, 0.3) is 0 Å². The Morgan fingerprint density at radius 3 is 2.65 bits per heavy atom. The number of hydrogen-bond donors (Lipinski definition) is 1. The zero-order valence-electron chi connectivity index (χ0n) is 12.6. The molecule has 6 nitrogen and oxygen atoms in total. The molecule has 2 rings (SSSR count). The van der Waals surface area contributed by atoms with Gasteiger partial charge in [-0.1, -0.05) is 18.2 Å². The lowest BCUT2D eigenvalue weighted by molar-refractivity contribution is -0.383. The molecule has 7 heteroatoms. The van der Waals surface area contributed by atoms with Crippen LogP contribution in [0.2, 0.25) is 0 Å². The Labute approximate surface area is 141 Å². The first kappa shape index (κ1) is 17.0. The summed E-state index contributed by atoms with van der Waals surface area (Å²) in [6.07, 6.45) is 0. The SMILES string of the molecule is Cc1cc(C)c(OCC(=O)Nc2ccccc2[N+](=O)[O-])c(Br)c1. The standard InChI is InChI=1S/C16H15BrN2O4/c1-10-7-11(2)16(12(17)8-10)23-9-15(20)18-13-5-3-4-6-14(13)19(21)22/h3-8H,9H2,1-2H3,(H,18,20). The van der Waals surface area contributed by atoms with Crippen molar-refractivity contribution in [3.05, 3.63) is 62.1 Å². The number of nitro groups is 1. The van der Waals surface area contributed by atoms with Crippen molar-refractivity contribution in [2.24, 2.45) is 0 Å². The zero-order chi connectivity index (χ0) is 17.0. The van der Waals surface area contributed by atoms with E-state index < -0.39 is 10.8 Å². The summed E-state index contributed by atoms with van der Waals surface area (Å²) < 4.78 is 6.29. The van der Waals surface area contributed by atoms with Crippen molar-refractivity contribution in [3.8, 4) is 5.75 Å². The topological polar surface area (TPSA) is 81.5 Å². The number of aryl methyl sites for hydroxylation is 2. The first-order chi connectivity index (χ1) is 10.9. The number of hydrogen-bond acceptors (Lipinski definition) is 4. The molecule has 0 bridgehead atoms. The molecular formula is C16H15BrN2O4. The Hall–Kier alpha value is -2.41. The number of nitrogens with zero attached hydrogens (tertiary/aromatic N) is 1. The summed E-state index contributed by atoms with van der Waals surface area (Å²) in [5, 5.41) is 13.4. The van der Waals surface area contributed by atoms with Gasteiger partial charge in [0, 0.05) is 6.07 Å². The maximum absolute atomic E-state index is 12.0. The molecule has 0 fully saturated rings. The molecule has 2 aromatic rings. The van der Waals surface area contributed by atoms with Crippen LogP contribution in [0.3, 0.4) is 0 Å². The fourth-order valence-electron chi connectivity index (χ4n) is 2.15. The maximum atomic E-state index is 12.0. The third-order valence-electron chi connectivity index (χ3n) is 3.10. The Bertz CT molecular complexity index is 738. The lowest BCUT2D eigenvalue weighted by atomic mass is 10.1. The lowest BCUT2D eigenvalue weighted by Crippen LogP contribution is -2.21. The van der Waals surface area contributed by atoms with E-state index in [-0.39, 0.29) is 18.0 Å². The van der Waals surface area contributed by atoms with Crippen molar-refractivity contribution in [1.82, 2.24) is 0 Å². The molecular weight excluding hydrogens is 364 g/mol. The van der Waals surface area contributed by atoms with Gasteiger partial charge in [0.2, 0.25) is 0 Å². The fourth-order valence-corrected chi connectivity index (χ4v) is 2.94. The van der Waals surface area contributed by atoms with E-state index in [2.05, 4.69) is 21.2 Å². The molecule has 23 heavy (non-hydrogen) atoms. The van der Waals surface area contributed by atoms with Crippen LogP contribution in [0.15, 0.2) is 40.9 Å². The Morgan fingerprint density at radius 1 is 1.30 bits per heavy atom. The highest BCUT2D eigenvalue weighted by Gasteiger charge is 2.15. The number of rotatable bonds is 5. The number of ether oxygens (including phenoxy) is 1. The summed E-state index contributed by atoms with van der Waals surface area (Å²) in [4.78, 5) is 22.4. The highest BCUT2D eigenvalue weighted by atomic mass is 79.9. The molecule has 0 saturated heterocycles. The minimum Gasteiger partial charge on any atom is -0.482 e. The van der Waals surface area contributed by atoms with E-state index in [1.807, 2.05) is 26.0 Å². The van der Waals surface area contributed by atoms with Crippen molar-refractivity contribution in [1.29, 1.82) is 0 Å². The number of nitrogens with one attached hydrogen (secondary N) is 1. The number of benzene rings is 2. The summed E-state index contributed by atoms with van der Waals surface area (Å²) in [7, 11) is 0. The Morgan fingerprint density at radius 2 is 2.00 bits per heavy atom. The summed E-state index contributed by atoms with van der Waals surface area (Å²) in [5.41, 5.74) is 1.96. The largest absolute Gasteiger partial charge is 0.482 e. The van der Waals surface area contributed by atoms with Gasteiger partial charge in [-0.05, 0) is 53.0 Å². The molecule has 0 aliphatic rings. The van der Waals surface area contributed by atoms with Gasteiger partial charge in [-0.2, -0.15) is 0 Å². The Kier molecular flexibility index (Phi) is 5.33. The average molecular weight is 379 g/mol. The normalized spacial score (nSPS) is 10.2. The molecule has 2 aromatic carbocycles. The summed E-state index contributed by atoms with van der Waals surface area (Å²) in [5.74, 6) is 0.111. The highest BCUT2D eigenvalue weighted by molar-refractivity contribution is 9.10. The van der Waals surface area contributed by atoms with E-state index in [0.717, 1.165) is 15.6 Å². The number of halogens is 1. The quantitative estimate of drug-likeness (QED) is 0.629. The van der Waals surface area contributed by atoms with E-state index in [1.54, 1.807) is 6.07 Å². The third kappa shape index (κ3) is 4.29. The van der Waals surface area contributed by atoms with Gasteiger partial charge in [0.15, 0.2) is 6.61 Å². The van der Waals surface area contributed by atoms with Gasteiger partial charge in [0.05, 0.1) is 9.40 Å². The minimum absolute atomic E-state index is 0.144. The van der Waals surface area contributed by atoms with Gasteiger partial charge < -0.3 is 10.1 Å². The van der Waals surface area contributed by atoms with Gasteiger partial charge in [-0.3, -0.25) is 14.9 Å². The van der Waals surface area contributed by atoms with E-state index in [4.69, 9.17) is 4.74 Å². The summed E-state index contributed by atoms with van der Waals surface area (Å²) >= 11 is 3.40. The molecule has 0 aliphatic heterocycles. The number of para-hydroxylation sites is 2. The second-order valence-electron chi connectivity index (χ2n) is 5.00. The smallest absolute Gasteiger partial charge is 0.292 e. The predicted molar refractivity (Wildman–Crippen MR) is 90.8 cm³/mol. The van der Waals surface area contributed by atoms with Crippen LogP contribution in [0.5, 0.6) is 5.75 Å². The van der Waals surface area contributed by atoms with Gasteiger partial charge in [-0.25, -0.2) is 0 Å². The molecule has 120 valence electrons. The van der Waals surface area contributed by atoms with Crippen LogP contribution < -0.4 is 10.1 Å². The lowest BCUT2D eigenvalue weighted by Gasteiger charge is -2.12. The molecule has 0 unspecified atom stereocenters. The van der Waals surface area contributed by atoms with Crippen LogP contribution >= 0.6 is 15.9 Å². The van der Waals surface area contributed by atoms with Gasteiger partial charge in [0.1, 0.15) is 11.4 Å².